The molecule has 2 nitrogen and oxygen atoms in total. The molecule has 0 aliphatic carbocycles. The van der Waals surface area contributed by atoms with Gasteiger partial charge in [0.15, 0.2) is 0 Å². The zero-order valence-electron chi connectivity index (χ0n) is 29.1. The maximum absolute atomic E-state index is 9.82. The highest BCUT2D eigenvalue weighted by Crippen LogP contribution is 2.16. The molecule has 0 heterocycles. The van der Waals surface area contributed by atoms with Crippen molar-refractivity contribution < 1.29 is 9.84 Å². The van der Waals surface area contributed by atoms with Crippen LogP contribution in [0.5, 0.6) is 0 Å². The van der Waals surface area contributed by atoms with E-state index < -0.39 is 5.60 Å². The first kappa shape index (κ1) is 39.8. The third kappa shape index (κ3) is 26.2. The number of allylic oxidation sites excluding steroid dienone is 23. The average molecular weight is 585 g/mol. The Bertz CT molecular complexity index is 1190. The van der Waals surface area contributed by atoms with Crippen LogP contribution in [0, 0.1) is 0 Å². The third-order valence-corrected chi connectivity index (χ3v) is 6.63. The van der Waals surface area contributed by atoms with Crippen molar-refractivity contribution in [3.8, 4) is 0 Å². The van der Waals surface area contributed by atoms with Gasteiger partial charge in [-0.1, -0.05) is 143 Å². The van der Waals surface area contributed by atoms with Crippen LogP contribution >= 0.6 is 0 Å². The van der Waals surface area contributed by atoms with Crippen molar-refractivity contribution in [3.05, 3.63) is 143 Å². The minimum Gasteiger partial charge on any atom is -0.390 e. The summed E-state index contributed by atoms with van der Waals surface area (Å²) in [6.45, 7) is 20.6. The highest BCUT2D eigenvalue weighted by molar-refractivity contribution is 5.33. The molecule has 0 aliphatic heterocycles. The Hall–Kier alpha value is -3.20. The van der Waals surface area contributed by atoms with Gasteiger partial charge in [0.05, 0.1) is 11.2 Å². The van der Waals surface area contributed by atoms with E-state index in [0.717, 1.165) is 25.7 Å². The molecule has 0 aromatic heterocycles. The molecule has 0 aliphatic rings. The molecule has 236 valence electrons. The van der Waals surface area contributed by atoms with Crippen LogP contribution in [0.25, 0.3) is 0 Å². The molecule has 2 heteroatoms. The molecule has 0 amide bonds. The summed E-state index contributed by atoms with van der Waals surface area (Å²) in [4.78, 5) is 0. The van der Waals surface area contributed by atoms with Gasteiger partial charge in [-0.2, -0.15) is 0 Å². The van der Waals surface area contributed by atoms with E-state index in [1.807, 2.05) is 13.8 Å². The van der Waals surface area contributed by atoms with Crippen molar-refractivity contribution in [2.45, 2.75) is 106 Å². The summed E-state index contributed by atoms with van der Waals surface area (Å²) >= 11 is 0. The van der Waals surface area contributed by atoms with E-state index in [1.165, 1.54) is 33.4 Å². The first-order valence-electron chi connectivity index (χ1n) is 15.5. The molecule has 43 heavy (non-hydrogen) atoms. The van der Waals surface area contributed by atoms with Gasteiger partial charge in [-0.15, -0.1) is 0 Å². The van der Waals surface area contributed by atoms with Crippen molar-refractivity contribution in [1.82, 2.24) is 0 Å². The zero-order valence-corrected chi connectivity index (χ0v) is 29.1. The lowest BCUT2D eigenvalue weighted by atomic mass is 9.99. The number of ether oxygens (including phenoxy) is 1. The minimum absolute atomic E-state index is 0.124. The lowest BCUT2D eigenvalue weighted by Crippen LogP contribution is -2.20. The molecule has 0 saturated heterocycles. The Morgan fingerprint density at radius 2 is 0.930 bits per heavy atom. The molecule has 0 unspecified atom stereocenters. The van der Waals surface area contributed by atoms with Crippen molar-refractivity contribution in [1.29, 1.82) is 0 Å². The number of methoxy groups -OCH3 is 1. The SMILES string of the molecule is COC(C)(C)CC=CC(C)=CC=CC(C)=CC=CC(C)=CC=CC=C(C)C=CC=C(C)C=CC=C(C)CCCC(C)(C)O. The molecule has 0 spiro atoms. The summed E-state index contributed by atoms with van der Waals surface area (Å²) in [7, 11) is 1.75. The van der Waals surface area contributed by atoms with Crippen LogP contribution in [0.1, 0.15) is 94.9 Å². The van der Waals surface area contributed by atoms with Gasteiger partial charge in [-0.05, 0) is 94.9 Å². The van der Waals surface area contributed by atoms with Crippen LogP contribution in [-0.4, -0.2) is 23.4 Å². The summed E-state index contributed by atoms with van der Waals surface area (Å²) in [6, 6.07) is 0. The van der Waals surface area contributed by atoms with E-state index in [9.17, 15) is 5.11 Å². The van der Waals surface area contributed by atoms with Gasteiger partial charge in [-0.25, -0.2) is 0 Å². The molecule has 0 saturated carbocycles. The molecule has 0 aromatic rings. The summed E-state index contributed by atoms with van der Waals surface area (Å²) < 4.78 is 5.45. The quantitative estimate of drug-likeness (QED) is 0.162. The first-order chi connectivity index (χ1) is 20.1. The fourth-order valence-corrected chi connectivity index (χ4v) is 3.61. The van der Waals surface area contributed by atoms with Crippen LogP contribution in [-0.2, 0) is 4.74 Å². The standard InChI is InChI=1S/C41H60O2/c1-34(22-14-24-36(3)26-16-28-38(5)30-18-32-40(7,8)42)20-12-13-21-35(2)23-15-25-37(4)27-17-29-39(6)31-19-33-41(9,10)43-11/h12-17,19-29,31,42H,18,30,32-33H2,1-11H3. The molecular formula is C41H60O2. The van der Waals surface area contributed by atoms with Gasteiger partial charge in [0.2, 0.25) is 0 Å². The second kappa shape index (κ2) is 22.4. The summed E-state index contributed by atoms with van der Waals surface area (Å²) in [5, 5.41) is 9.82. The highest BCUT2D eigenvalue weighted by Gasteiger charge is 2.13. The Labute approximate surface area is 265 Å². The van der Waals surface area contributed by atoms with Crippen LogP contribution in [0.2, 0.25) is 0 Å². The van der Waals surface area contributed by atoms with E-state index in [0.29, 0.717) is 0 Å². The Morgan fingerprint density at radius 3 is 1.33 bits per heavy atom. The van der Waals surface area contributed by atoms with Gasteiger partial charge >= 0.3 is 0 Å². The van der Waals surface area contributed by atoms with E-state index in [2.05, 4.69) is 165 Å². The fraction of sp³-hybridized carbons (Fsp3) is 0.415. The number of rotatable bonds is 18. The summed E-state index contributed by atoms with van der Waals surface area (Å²) in [5.74, 6) is 0. The molecule has 0 atom stereocenters. The molecular weight excluding hydrogens is 524 g/mol. The van der Waals surface area contributed by atoms with Gasteiger partial charge in [0.25, 0.3) is 0 Å². The van der Waals surface area contributed by atoms with Crippen LogP contribution in [0.15, 0.2) is 143 Å². The predicted octanol–water partition coefficient (Wildman–Crippen LogP) is 11.8. The minimum atomic E-state index is -0.578. The van der Waals surface area contributed by atoms with Gasteiger partial charge < -0.3 is 9.84 Å². The maximum atomic E-state index is 9.82. The van der Waals surface area contributed by atoms with Crippen molar-refractivity contribution in [3.63, 3.8) is 0 Å². The first-order valence-corrected chi connectivity index (χ1v) is 15.5. The molecule has 0 aromatic carbocycles. The van der Waals surface area contributed by atoms with Crippen LogP contribution < -0.4 is 0 Å². The topological polar surface area (TPSA) is 29.5 Å². The Kier molecular flexibility index (Phi) is 20.7. The highest BCUT2D eigenvalue weighted by atomic mass is 16.5. The van der Waals surface area contributed by atoms with E-state index in [1.54, 1.807) is 7.11 Å². The number of hydrogen-bond donors (Lipinski definition) is 1. The maximum Gasteiger partial charge on any atom is 0.0657 e. The fourth-order valence-electron chi connectivity index (χ4n) is 3.61. The molecule has 0 bridgehead atoms. The number of hydrogen-bond acceptors (Lipinski definition) is 2. The monoisotopic (exact) mass is 584 g/mol. The largest absolute Gasteiger partial charge is 0.390 e. The average Bonchev–Trinajstić information content (AvgIpc) is 2.90. The molecule has 0 radical (unpaired) electrons. The van der Waals surface area contributed by atoms with E-state index in [-0.39, 0.29) is 5.60 Å². The van der Waals surface area contributed by atoms with E-state index in [4.69, 9.17) is 4.74 Å². The van der Waals surface area contributed by atoms with Crippen molar-refractivity contribution in [2.75, 3.05) is 7.11 Å². The van der Waals surface area contributed by atoms with Gasteiger partial charge in [0, 0.05) is 7.11 Å². The third-order valence-electron chi connectivity index (χ3n) is 6.63. The van der Waals surface area contributed by atoms with Crippen molar-refractivity contribution in [2.24, 2.45) is 0 Å². The smallest absolute Gasteiger partial charge is 0.0657 e. The molecule has 0 fully saturated rings. The molecule has 0 rings (SSSR count). The zero-order chi connectivity index (χ0) is 32.7. The van der Waals surface area contributed by atoms with Crippen LogP contribution in [0.4, 0.5) is 0 Å². The summed E-state index contributed by atoms with van der Waals surface area (Å²) in [5.41, 5.74) is 6.63. The predicted molar refractivity (Wildman–Crippen MR) is 193 cm³/mol. The lowest BCUT2D eigenvalue weighted by Gasteiger charge is -2.20. The second-order valence-electron chi connectivity index (χ2n) is 12.6. The van der Waals surface area contributed by atoms with Gasteiger partial charge in [-0.3, -0.25) is 0 Å². The van der Waals surface area contributed by atoms with E-state index >= 15 is 0 Å². The Morgan fingerprint density at radius 1 is 0.558 bits per heavy atom. The van der Waals surface area contributed by atoms with Crippen LogP contribution in [0.3, 0.4) is 0 Å². The normalized spacial score (nSPS) is 16.2. The molecule has 1 N–H and O–H groups in total. The second-order valence-corrected chi connectivity index (χ2v) is 12.6. The summed E-state index contributed by atoms with van der Waals surface area (Å²) in [6.07, 6.45) is 41.8. The van der Waals surface area contributed by atoms with Crippen molar-refractivity contribution >= 4 is 0 Å². The Balaban J connectivity index is 4.74. The van der Waals surface area contributed by atoms with Gasteiger partial charge in [0.1, 0.15) is 0 Å². The lowest BCUT2D eigenvalue weighted by molar-refractivity contribution is 0.0255. The number of aliphatic hydroxyl groups is 1.